The summed E-state index contributed by atoms with van der Waals surface area (Å²) in [6, 6.07) is 5.39. The first-order valence-corrected chi connectivity index (χ1v) is 8.33. The lowest BCUT2D eigenvalue weighted by atomic mass is 10.1. The summed E-state index contributed by atoms with van der Waals surface area (Å²) in [6.07, 6.45) is 2.22. The van der Waals surface area contributed by atoms with Gasteiger partial charge in [0.1, 0.15) is 12.4 Å². The van der Waals surface area contributed by atoms with Crippen LogP contribution in [0.5, 0.6) is 5.75 Å². The number of rotatable bonds is 4. The third kappa shape index (κ3) is 2.59. The van der Waals surface area contributed by atoms with Crippen LogP contribution in [0, 0.1) is 0 Å². The van der Waals surface area contributed by atoms with Gasteiger partial charge < -0.3 is 14.6 Å². The minimum atomic E-state index is -0.393. The molecule has 1 fully saturated rings. The number of tetrazole rings is 1. The van der Waals surface area contributed by atoms with Crippen molar-refractivity contribution in [3.63, 3.8) is 0 Å². The summed E-state index contributed by atoms with van der Waals surface area (Å²) >= 11 is 0. The first kappa shape index (κ1) is 15.0. The van der Waals surface area contributed by atoms with E-state index in [1.54, 1.807) is 7.05 Å². The van der Waals surface area contributed by atoms with Crippen LogP contribution in [0.3, 0.4) is 0 Å². The minimum absolute atomic E-state index is 0.0250. The molecular formula is C16H15N7O3. The molecule has 1 unspecified atom stereocenters. The molecule has 0 bridgehead atoms. The predicted molar refractivity (Wildman–Crippen MR) is 86.2 cm³/mol. The molecule has 132 valence electrons. The van der Waals surface area contributed by atoms with Crippen molar-refractivity contribution in [1.82, 2.24) is 35.7 Å². The van der Waals surface area contributed by atoms with Gasteiger partial charge in [0, 0.05) is 17.0 Å². The summed E-state index contributed by atoms with van der Waals surface area (Å²) in [7, 11) is 1.60. The maximum atomic E-state index is 12.2. The Labute approximate surface area is 147 Å². The fourth-order valence-corrected chi connectivity index (χ4v) is 2.91. The molecule has 0 radical (unpaired) electrons. The molecule has 1 aliphatic heterocycles. The zero-order valence-corrected chi connectivity index (χ0v) is 13.9. The van der Waals surface area contributed by atoms with Crippen molar-refractivity contribution in [3.05, 3.63) is 35.5 Å². The van der Waals surface area contributed by atoms with Gasteiger partial charge in [0.2, 0.25) is 11.7 Å². The van der Waals surface area contributed by atoms with Gasteiger partial charge in [-0.1, -0.05) is 17.3 Å². The second kappa shape index (κ2) is 5.61. The Morgan fingerprint density at radius 3 is 3.00 bits per heavy atom. The number of amides is 1. The number of ether oxygens (including phenoxy) is 1. The van der Waals surface area contributed by atoms with Crippen LogP contribution < -0.4 is 10.1 Å². The molecule has 0 spiro atoms. The smallest absolute Gasteiger partial charge is 0.293 e. The number of nitrogens with one attached hydrogen (secondary N) is 1. The second-order valence-corrected chi connectivity index (χ2v) is 6.42. The van der Waals surface area contributed by atoms with E-state index in [0.29, 0.717) is 30.0 Å². The summed E-state index contributed by atoms with van der Waals surface area (Å²) in [6.45, 7) is 0.338. The molecule has 10 nitrogen and oxygen atoms in total. The maximum absolute atomic E-state index is 12.2. The molecule has 1 amide bonds. The Kier molecular flexibility index (Phi) is 3.24. The Morgan fingerprint density at radius 2 is 2.23 bits per heavy atom. The first-order chi connectivity index (χ1) is 12.7. The van der Waals surface area contributed by atoms with Crippen LogP contribution in [-0.4, -0.2) is 42.9 Å². The van der Waals surface area contributed by atoms with Crippen molar-refractivity contribution < 1.29 is 14.1 Å². The number of benzene rings is 1. The van der Waals surface area contributed by atoms with E-state index in [1.807, 2.05) is 18.2 Å². The van der Waals surface area contributed by atoms with E-state index in [9.17, 15) is 4.79 Å². The average molecular weight is 353 g/mol. The summed E-state index contributed by atoms with van der Waals surface area (Å²) in [5.74, 6) is 1.99. The van der Waals surface area contributed by atoms with Crippen LogP contribution in [0.25, 0.3) is 11.4 Å². The lowest BCUT2D eigenvalue weighted by molar-refractivity contribution is 0.0919. The number of carbonyl (C=O) groups is 1. The topological polar surface area (TPSA) is 121 Å². The highest BCUT2D eigenvalue weighted by molar-refractivity contribution is 5.90. The molecule has 26 heavy (non-hydrogen) atoms. The van der Waals surface area contributed by atoms with E-state index in [0.717, 1.165) is 24.0 Å². The van der Waals surface area contributed by atoms with E-state index in [-0.39, 0.29) is 11.9 Å². The van der Waals surface area contributed by atoms with E-state index >= 15 is 0 Å². The molecule has 10 heteroatoms. The Morgan fingerprint density at radius 1 is 1.35 bits per heavy atom. The van der Waals surface area contributed by atoms with Gasteiger partial charge in [-0.2, -0.15) is 9.78 Å². The van der Waals surface area contributed by atoms with Crippen LogP contribution in [0.4, 0.5) is 0 Å². The van der Waals surface area contributed by atoms with E-state index in [4.69, 9.17) is 9.26 Å². The number of nitrogens with zero attached hydrogens (tertiary/aromatic N) is 6. The lowest BCUT2D eigenvalue weighted by Gasteiger charge is -2.09. The Bertz CT molecular complexity index is 991. The molecule has 1 aliphatic carbocycles. The van der Waals surface area contributed by atoms with Gasteiger partial charge in [-0.05, 0) is 24.1 Å². The predicted octanol–water partition coefficient (Wildman–Crippen LogP) is 1.00. The molecule has 1 atom stereocenters. The van der Waals surface area contributed by atoms with Crippen molar-refractivity contribution in [2.75, 3.05) is 6.61 Å². The number of hydrogen-bond acceptors (Lipinski definition) is 8. The summed E-state index contributed by atoms with van der Waals surface area (Å²) in [5, 5.41) is 18.2. The SMILES string of the molecule is Cn1nnc(C(=O)NC2COc3cc(-c4noc(C5CC5)n4)ccc32)n1. The number of fused-ring (bicyclic) bond motifs is 1. The molecule has 0 saturated heterocycles. The standard InChI is InChI=1S/C16H15N7O3/c1-23-20-14(19-22-23)15(24)17-11-7-25-12-6-9(4-5-10(11)12)13-18-16(26-21-13)8-2-3-8/h4-6,8,11H,2-3,7H2,1H3,(H,17,24). The van der Waals surface area contributed by atoms with E-state index in [1.165, 1.54) is 4.80 Å². The highest BCUT2D eigenvalue weighted by atomic mass is 16.5. The lowest BCUT2D eigenvalue weighted by Crippen LogP contribution is -2.30. The van der Waals surface area contributed by atoms with Gasteiger partial charge in [-0.15, -0.1) is 10.2 Å². The quantitative estimate of drug-likeness (QED) is 0.737. The summed E-state index contributed by atoms with van der Waals surface area (Å²) in [4.78, 5) is 17.9. The van der Waals surface area contributed by atoms with Gasteiger partial charge in [0.15, 0.2) is 0 Å². The van der Waals surface area contributed by atoms with Crippen molar-refractivity contribution in [2.24, 2.45) is 7.05 Å². The molecule has 1 aromatic carbocycles. The van der Waals surface area contributed by atoms with Gasteiger partial charge in [0.05, 0.1) is 13.1 Å². The van der Waals surface area contributed by atoms with E-state index < -0.39 is 5.91 Å². The number of hydrogen-bond donors (Lipinski definition) is 1. The molecule has 1 N–H and O–H groups in total. The molecule has 3 aromatic rings. The van der Waals surface area contributed by atoms with Crippen molar-refractivity contribution >= 4 is 5.91 Å². The van der Waals surface area contributed by atoms with Crippen molar-refractivity contribution in [1.29, 1.82) is 0 Å². The maximum Gasteiger partial charge on any atom is 0.293 e. The molecule has 1 saturated carbocycles. The Balaban J connectivity index is 1.35. The van der Waals surface area contributed by atoms with Crippen LogP contribution in [0.1, 0.15) is 46.9 Å². The Hall–Kier alpha value is -3.30. The fraction of sp³-hybridized carbons (Fsp3) is 0.375. The normalized spacial score (nSPS) is 18.4. The molecule has 5 rings (SSSR count). The van der Waals surface area contributed by atoms with Crippen LogP contribution in [0.2, 0.25) is 0 Å². The summed E-state index contributed by atoms with van der Waals surface area (Å²) < 4.78 is 11.0. The summed E-state index contributed by atoms with van der Waals surface area (Å²) in [5.41, 5.74) is 1.71. The highest BCUT2D eigenvalue weighted by Gasteiger charge is 2.31. The zero-order chi connectivity index (χ0) is 17.7. The van der Waals surface area contributed by atoms with Gasteiger partial charge >= 0.3 is 0 Å². The monoisotopic (exact) mass is 353 g/mol. The van der Waals surface area contributed by atoms with E-state index in [2.05, 4.69) is 30.9 Å². The van der Waals surface area contributed by atoms with Gasteiger partial charge in [-0.25, -0.2) is 0 Å². The highest BCUT2D eigenvalue weighted by Crippen LogP contribution is 2.40. The molecule has 3 heterocycles. The molecule has 2 aliphatic rings. The zero-order valence-electron chi connectivity index (χ0n) is 13.9. The number of aryl methyl sites for hydroxylation is 1. The van der Waals surface area contributed by atoms with Crippen LogP contribution >= 0.6 is 0 Å². The first-order valence-electron chi connectivity index (χ1n) is 8.33. The van der Waals surface area contributed by atoms with Crippen molar-refractivity contribution in [3.8, 4) is 17.1 Å². The average Bonchev–Trinajstić information content (AvgIpc) is 3.06. The molecular weight excluding hydrogens is 338 g/mol. The van der Waals surface area contributed by atoms with Crippen molar-refractivity contribution in [2.45, 2.75) is 24.8 Å². The fourth-order valence-electron chi connectivity index (χ4n) is 2.91. The van der Waals surface area contributed by atoms with Crippen LogP contribution in [-0.2, 0) is 7.05 Å². The second-order valence-electron chi connectivity index (χ2n) is 6.42. The molecule has 2 aromatic heterocycles. The minimum Gasteiger partial charge on any atom is -0.491 e. The number of carbonyl (C=O) groups excluding carboxylic acids is 1. The van der Waals surface area contributed by atoms with Crippen LogP contribution in [0.15, 0.2) is 22.7 Å². The van der Waals surface area contributed by atoms with Gasteiger partial charge in [-0.3, -0.25) is 4.79 Å². The van der Waals surface area contributed by atoms with Gasteiger partial charge in [0.25, 0.3) is 11.7 Å². The largest absolute Gasteiger partial charge is 0.491 e. The third-order valence-electron chi connectivity index (χ3n) is 4.44. The third-order valence-corrected chi connectivity index (χ3v) is 4.44. The number of aromatic nitrogens is 6.